The van der Waals surface area contributed by atoms with E-state index in [1.165, 1.54) is 12.8 Å². The summed E-state index contributed by atoms with van der Waals surface area (Å²) in [6.45, 7) is 4.89. The number of hydrogen-bond acceptors (Lipinski definition) is 2. The molecule has 1 aliphatic heterocycles. The Morgan fingerprint density at radius 2 is 2.17 bits per heavy atom. The van der Waals surface area contributed by atoms with Gasteiger partial charge in [0.1, 0.15) is 5.82 Å². The van der Waals surface area contributed by atoms with Gasteiger partial charge in [-0.25, -0.2) is 9.37 Å². The quantitative estimate of drug-likeness (QED) is 0.696. The van der Waals surface area contributed by atoms with E-state index in [1.54, 1.807) is 42.5 Å². The molecular weight excluding hydrogens is 305 g/mol. The number of halogens is 1. The smallest absolute Gasteiger partial charge is 0.193 e. The Morgan fingerprint density at radius 1 is 1.38 bits per heavy atom. The molecule has 0 amide bonds. The minimum atomic E-state index is -0.255. The predicted molar refractivity (Wildman–Crippen MR) is 93.7 cm³/mol. The molecule has 128 valence electrons. The summed E-state index contributed by atoms with van der Waals surface area (Å²) in [5.74, 6) is 1.42. The molecule has 3 rings (SSSR count). The molecule has 2 heterocycles. The topological polar surface area (TPSA) is 45.5 Å². The van der Waals surface area contributed by atoms with Crippen LogP contribution in [0.5, 0.6) is 0 Å². The Labute approximate surface area is 142 Å². The first-order valence-corrected chi connectivity index (χ1v) is 8.39. The molecule has 0 saturated carbocycles. The van der Waals surface area contributed by atoms with E-state index < -0.39 is 0 Å². The third kappa shape index (κ3) is 3.75. The molecule has 0 spiro atoms. The van der Waals surface area contributed by atoms with Crippen LogP contribution in [0.3, 0.4) is 0 Å². The summed E-state index contributed by atoms with van der Waals surface area (Å²) in [6.07, 6.45) is 7.34. The fourth-order valence-corrected chi connectivity index (χ4v) is 3.01. The third-order valence-electron chi connectivity index (χ3n) is 4.54. The molecule has 0 atom stereocenters. The highest BCUT2D eigenvalue weighted by atomic mass is 19.1. The normalized spacial score (nSPS) is 16.5. The first kappa shape index (κ1) is 16.5. The van der Waals surface area contributed by atoms with Crippen LogP contribution >= 0.6 is 0 Å². The zero-order valence-corrected chi connectivity index (χ0v) is 14.2. The summed E-state index contributed by atoms with van der Waals surface area (Å²) in [5.41, 5.74) is 1.40. The minimum absolute atomic E-state index is 0.255. The first-order valence-electron chi connectivity index (χ1n) is 8.39. The van der Waals surface area contributed by atoms with Gasteiger partial charge in [0.15, 0.2) is 5.96 Å². The van der Waals surface area contributed by atoms with Gasteiger partial charge in [-0.15, -0.1) is 0 Å². The Balaban J connectivity index is 1.62. The van der Waals surface area contributed by atoms with E-state index in [9.17, 15) is 4.39 Å². The maximum atomic E-state index is 14.3. The number of rotatable bonds is 3. The van der Waals surface area contributed by atoms with Crippen LogP contribution in [0.4, 0.5) is 4.39 Å². The van der Waals surface area contributed by atoms with E-state index in [-0.39, 0.29) is 5.82 Å². The monoisotopic (exact) mass is 329 g/mol. The average Bonchev–Trinajstić information content (AvgIpc) is 3.11. The number of aromatic nitrogens is 2. The van der Waals surface area contributed by atoms with E-state index in [4.69, 9.17) is 0 Å². The van der Waals surface area contributed by atoms with Gasteiger partial charge in [0, 0.05) is 39.1 Å². The fraction of sp³-hybridized carbons (Fsp3) is 0.444. The van der Waals surface area contributed by atoms with Crippen LogP contribution in [0.15, 0.2) is 41.9 Å². The molecule has 1 saturated heterocycles. The van der Waals surface area contributed by atoms with Crippen molar-refractivity contribution in [1.29, 1.82) is 0 Å². The van der Waals surface area contributed by atoms with Crippen LogP contribution in [-0.4, -0.2) is 40.5 Å². The molecule has 1 aliphatic rings. The zero-order chi connectivity index (χ0) is 16.9. The van der Waals surface area contributed by atoms with Crippen molar-refractivity contribution in [2.75, 3.05) is 20.1 Å². The van der Waals surface area contributed by atoms with Crippen LogP contribution in [-0.2, 0) is 6.54 Å². The van der Waals surface area contributed by atoms with Gasteiger partial charge in [0.05, 0.1) is 12.0 Å². The van der Waals surface area contributed by atoms with Crippen molar-refractivity contribution in [3.05, 3.63) is 48.3 Å². The molecule has 2 aromatic rings. The standard InChI is InChI=1S/C18H24FN5/c1-14-5-8-23(9-6-14)18(20-2)22-12-15-3-4-17(16(19)11-15)24-10-7-21-13-24/h3-4,7,10-11,13-14H,5-6,8-9,12H2,1-2H3,(H,20,22). The van der Waals surface area contributed by atoms with Gasteiger partial charge in [-0.2, -0.15) is 0 Å². The molecule has 1 fully saturated rings. The summed E-state index contributed by atoms with van der Waals surface area (Å²) in [6, 6.07) is 5.27. The van der Waals surface area contributed by atoms with Crippen molar-refractivity contribution in [2.45, 2.75) is 26.3 Å². The number of likely N-dealkylation sites (tertiary alicyclic amines) is 1. The van der Waals surface area contributed by atoms with Crippen molar-refractivity contribution in [1.82, 2.24) is 19.8 Å². The summed E-state index contributed by atoms with van der Waals surface area (Å²) >= 11 is 0. The molecule has 0 bridgehead atoms. The second-order valence-electron chi connectivity index (χ2n) is 6.33. The third-order valence-corrected chi connectivity index (χ3v) is 4.54. The van der Waals surface area contributed by atoms with E-state index in [0.717, 1.165) is 30.5 Å². The van der Waals surface area contributed by atoms with E-state index in [1.807, 2.05) is 6.07 Å². The largest absolute Gasteiger partial charge is 0.352 e. The molecule has 0 aliphatic carbocycles. The summed E-state index contributed by atoms with van der Waals surface area (Å²) in [7, 11) is 1.79. The molecule has 0 radical (unpaired) electrons. The Hall–Kier alpha value is -2.37. The number of imidazole rings is 1. The van der Waals surface area contributed by atoms with E-state index in [2.05, 4.69) is 27.1 Å². The van der Waals surface area contributed by atoms with Gasteiger partial charge in [-0.1, -0.05) is 13.0 Å². The number of piperidine rings is 1. The van der Waals surface area contributed by atoms with Gasteiger partial charge in [-0.3, -0.25) is 4.99 Å². The number of benzene rings is 1. The molecule has 6 heteroatoms. The summed E-state index contributed by atoms with van der Waals surface area (Å²) in [5, 5.41) is 3.34. The van der Waals surface area contributed by atoms with Crippen LogP contribution in [0.1, 0.15) is 25.3 Å². The van der Waals surface area contributed by atoms with Gasteiger partial charge in [0.2, 0.25) is 0 Å². The second kappa shape index (κ2) is 7.47. The SMILES string of the molecule is CN=C(NCc1ccc(-n2ccnc2)c(F)c1)N1CCC(C)CC1. The van der Waals surface area contributed by atoms with E-state index >= 15 is 0 Å². The lowest BCUT2D eigenvalue weighted by Gasteiger charge is -2.32. The lowest BCUT2D eigenvalue weighted by atomic mass is 9.99. The summed E-state index contributed by atoms with van der Waals surface area (Å²) < 4.78 is 16.0. The van der Waals surface area contributed by atoms with Gasteiger partial charge in [-0.05, 0) is 36.5 Å². The Bertz CT molecular complexity index is 687. The maximum absolute atomic E-state index is 14.3. The lowest BCUT2D eigenvalue weighted by molar-refractivity contribution is 0.273. The van der Waals surface area contributed by atoms with Crippen LogP contribution < -0.4 is 5.32 Å². The number of aliphatic imine (C=N–C) groups is 1. The summed E-state index contributed by atoms with van der Waals surface area (Å²) in [4.78, 5) is 10.6. The predicted octanol–water partition coefficient (Wildman–Crippen LogP) is 2.82. The van der Waals surface area contributed by atoms with Gasteiger partial charge >= 0.3 is 0 Å². The molecule has 1 aromatic carbocycles. The Morgan fingerprint density at radius 3 is 2.79 bits per heavy atom. The Kier molecular flexibility index (Phi) is 5.13. The highest BCUT2D eigenvalue weighted by Gasteiger charge is 2.18. The van der Waals surface area contributed by atoms with Crippen LogP contribution in [0.2, 0.25) is 0 Å². The lowest BCUT2D eigenvalue weighted by Crippen LogP contribution is -2.45. The van der Waals surface area contributed by atoms with Crippen LogP contribution in [0.25, 0.3) is 5.69 Å². The highest BCUT2D eigenvalue weighted by Crippen LogP contribution is 2.17. The van der Waals surface area contributed by atoms with Crippen molar-refractivity contribution >= 4 is 5.96 Å². The number of nitrogens with one attached hydrogen (secondary N) is 1. The fourth-order valence-electron chi connectivity index (χ4n) is 3.01. The molecule has 24 heavy (non-hydrogen) atoms. The van der Waals surface area contributed by atoms with Crippen molar-refractivity contribution < 1.29 is 4.39 Å². The van der Waals surface area contributed by atoms with Crippen molar-refractivity contribution in [2.24, 2.45) is 10.9 Å². The molecule has 5 nitrogen and oxygen atoms in total. The molecule has 0 unspecified atom stereocenters. The first-order chi connectivity index (χ1) is 11.7. The maximum Gasteiger partial charge on any atom is 0.193 e. The number of guanidine groups is 1. The van der Waals surface area contributed by atoms with Gasteiger partial charge in [0.25, 0.3) is 0 Å². The highest BCUT2D eigenvalue weighted by molar-refractivity contribution is 5.79. The molecule has 1 N–H and O–H groups in total. The second-order valence-corrected chi connectivity index (χ2v) is 6.33. The minimum Gasteiger partial charge on any atom is -0.352 e. The van der Waals surface area contributed by atoms with Crippen LogP contribution in [0, 0.1) is 11.7 Å². The molecular formula is C18H24FN5. The number of nitrogens with zero attached hydrogens (tertiary/aromatic N) is 4. The molecule has 1 aromatic heterocycles. The van der Waals surface area contributed by atoms with E-state index in [0.29, 0.717) is 12.2 Å². The van der Waals surface area contributed by atoms with Crippen molar-refractivity contribution in [3.63, 3.8) is 0 Å². The van der Waals surface area contributed by atoms with Gasteiger partial charge < -0.3 is 14.8 Å². The number of hydrogen-bond donors (Lipinski definition) is 1. The zero-order valence-electron chi connectivity index (χ0n) is 14.2. The van der Waals surface area contributed by atoms with Crippen molar-refractivity contribution in [3.8, 4) is 5.69 Å². The average molecular weight is 329 g/mol.